The standard InChI is InChI=1S/C17H17N3O2S/c1-10(2)11-5-6-14-13(8-11)16(17(22)18-14)20-19-15(21)9-12-4-3-7-23-12/h3-8,10,18,22H,9H2,1-2H3. The zero-order chi connectivity index (χ0) is 16.4. The Labute approximate surface area is 137 Å². The van der Waals surface area contributed by atoms with Crippen LogP contribution in [0, 0.1) is 0 Å². The van der Waals surface area contributed by atoms with Gasteiger partial charge in [-0.1, -0.05) is 26.0 Å². The average molecular weight is 327 g/mol. The molecule has 0 saturated heterocycles. The molecule has 0 atom stereocenters. The number of aromatic hydroxyl groups is 1. The van der Waals surface area contributed by atoms with E-state index in [9.17, 15) is 9.90 Å². The van der Waals surface area contributed by atoms with E-state index < -0.39 is 0 Å². The normalized spacial score (nSPS) is 11.8. The molecule has 5 nitrogen and oxygen atoms in total. The van der Waals surface area contributed by atoms with E-state index in [2.05, 4.69) is 29.1 Å². The average Bonchev–Trinajstić information content (AvgIpc) is 3.11. The minimum Gasteiger partial charge on any atom is -0.493 e. The van der Waals surface area contributed by atoms with Gasteiger partial charge in [-0.2, -0.15) is 0 Å². The molecule has 0 fully saturated rings. The van der Waals surface area contributed by atoms with Crippen LogP contribution in [-0.4, -0.2) is 16.0 Å². The summed E-state index contributed by atoms with van der Waals surface area (Å²) in [5.41, 5.74) is 2.21. The summed E-state index contributed by atoms with van der Waals surface area (Å²) < 4.78 is 0. The summed E-state index contributed by atoms with van der Waals surface area (Å²) in [6, 6.07) is 9.65. The van der Waals surface area contributed by atoms with Crippen LogP contribution in [0.25, 0.3) is 10.9 Å². The molecule has 3 rings (SSSR count). The van der Waals surface area contributed by atoms with Gasteiger partial charge in [0.15, 0.2) is 5.69 Å². The smallest absolute Gasteiger partial charge is 0.269 e. The number of nitrogens with one attached hydrogen (secondary N) is 1. The molecule has 6 heteroatoms. The summed E-state index contributed by atoms with van der Waals surface area (Å²) in [6.45, 7) is 4.19. The molecule has 23 heavy (non-hydrogen) atoms. The fourth-order valence-electron chi connectivity index (χ4n) is 2.34. The van der Waals surface area contributed by atoms with E-state index in [-0.39, 0.29) is 18.2 Å². The molecule has 0 aliphatic carbocycles. The molecule has 0 aliphatic heterocycles. The lowest BCUT2D eigenvalue weighted by molar-refractivity contribution is -0.117. The number of thiophene rings is 1. The Kier molecular flexibility index (Phi) is 4.25. The highest BCUT2D eigenvalue weighted by Gasteiger charge is 2.13. The van der Waals surface area contributed by atoms with Crippen molar-refractivity contribution in [1.82, 2.24) is 4.98 Å². The molecule has 0 aliphatic rings. The van der Waals surface area contributed by atoms with Crippen molar-refractivity contribution in [2.24, 2.45) is 10.2 Å². The van der Waals surface area contributed by atoms with Crippen molar-refractivity contribution in [1.29, 1.82) is 0 Å². The van der Waals surface area contributed by atoms with Crippen LogP contribution in [0.1, 0.15) is 30.2 Å². The lowest BCUT2D eigenvalue weighted by Crippen LogP contribution is -1.95. The van der Waals surface area contributed by atoms with Gasteiger partial charge in [0.25, 0.3) is 5.91 Å². The fraction of sp³-hybridized carbons (Fsp3) is 0.235. The van der Waals surface area contributed by atoms with Gasteiger partial charge >= 0.3 is 0 Å². The molecular formula is C17H17N3O2S. The van der Waals surface area contributed by atoms with Gasteiger partial charge in [-0.3, -0.25) is 4.79 Å². The second-order valence-corrected chi connectivity index (χ2v) is 6.66. The van der Waals surface area contributed by atoms with Crippen molar-refractivity contribution in [2.45, 2.75) is 26.2 Å². The molecule has 0 bridgehead atoms. The maximum atomic E-state index is 11.9. The lowest BCUT2D eigenvalue weighted by Gasteiger charge is -2.04. The van der Waals surface area contributed by atoms with Crippen LogP contribution in [-0.2, 0) is 11.2 Å². The third kappa shape index (κ3) is 3.32. The van der Waals surface area contributed by atoms with Gasteiger partial charge in [0.2, 0.25) is 5.88 Å². The van der Waals surface area contributed by atoms with Crippen molar-refractivity contribution in [2.75, 3.05) is 0 Å². The third-order valence-corrected chi connectivity index (χ3v) is 4.49. The molecule has 1 aromatic carbocycles. The number of benzene rings is 1. The van der Waals surface area contributed by atoms with E-state index in [1.807, 2.05) is 35.7 Å². The highest BCUT2D eigenvalue weighted by Crippen LogP contribution is 2.37. The van der Waals surface area contributed by atoms with Gasteiger partial charge in [0.05, 0.1) is 11.9 Å². The zero-order valence-electron chi connectivity index (χ0n) is 12.9. The van der Waals surface area contributed by atoms with E-state index >= 15 is 0 Å². The number of rotatable bonds is 4. The molecule has 1 amide bonds. The number of amides is 1. The molecular weight excluding hydrogens is 310 g/mol. The van der Waals surface area contributed by atoms with Crippen LogP contribution in [0.4, 0.5) is 5.69 Å². The monoisotopic (exact) mass is 327 g/mol. The lowest BCUT2D eigenvalue weighted by atomic mass is 10.0. The molecule has 118 valence electrons. The van der Waals surface area contributed by atoms with E-state index in [1.165, 1.54) is 11.3 Å². The number of aromatic amines is 1. The summed E-state index contributed by atoms with van der Waals surface area (Å²) in [5, 5.41) is 20.4. The molecule has 0 radical (unpaired) electrons. The maximum absolute atomic E-state index is 11.9. The van der Waals surface area contributed by atoms with Gasteiger partial charge < -0.3 is 10.1 Å². The summed E-state index contributed by atoms with van der Waals surface area (Å²) in [6.07, 6.45) is 0.224. The molecule has 2 N–H and O–H groups in total. The largest absolute Gasteiger partial charge is 0.493 e. The van der Waals surface area contributed by atoms with Gasteiger partial charge in [-0.05, 0) is 35.1 Å². The number of carbonyl (C=O) groups is 1. The minimum atomic E-state index is -0.332. The van der Waals surface area contributed by atoms with Gasteiger partial charge in [-0.15, -0.1) is 21.6 Å². The van der Waals surface area contributed by atoms with Crippen LogP contribution in [0.15, 0.2) is 45.9 Å². The van der Waals surface area contributed by atoms with Gasteiger partial charge in [0, 0.05) is 10.3 Å². The number of hydrogen-bond acceptors (Lipinski definition) is 4. The third-order valence-electron chi connectivity index (χ3n) is 3.61. The zero-order valence-corrected chi connectivity index (χ0v) is 13.7. The van der Waals surface area contributed by atoms with Gasteiger partial charge in [0.1, 0.15) is 0 Å². The Balaban J connectivity index is 1.89. The van der Waals surface area contributed by atoms with Crippen molar-refractivity contribution in [3.05, 3.63) is 46.2 Å². The Hall–Kier alpha value is -2.47. The molecule has 0 spiro atoms. The van der Waals surface area contributed by atoms with Crippen LogP contribution < -0.4 is 0 Å². The van der Waals surface area contributed by atoms with Crippen LogP contribution in [0.2, 0.25) is 0 Å². The van der Waals surface area contributed by atoms with Crippen LogP contribution in [0.3, 0.4) is 0 Å². The Bertz CT molecular complexity index is 863. The number of fused-ring (bicyclic) bond motifs is 1. The number of azo groups is 1. The summed E-state index contributed by atoms with van der Waals surface area (Å²) >= 11 is 1.51. The van der Waals surface area contributed by atoms with Crippen molar-refractivity contribution < 1.29 is 9.90 Å². The number of nitrogens with zero attached hydrogens (tertiary/aromatic N) is 2. The van der Waals surface area contributed by atoms with Gasteiger partial charge in [-0.25, -0.2) is 0 Å². The minimum absolute atomic E-state index is 0.0754. The van der Waals surface area contributed by atoms with Crippen molar-refractivity contribution in [3.63, 3.8) is 0 Å². The quantitative estimate of drug-likeness (QED) is 0.668. The van der Waals surface area contributed by atoms with Crippen LogP contribution in [0.5, 0.6) is 5.88 Å². The van der Waals surface area contributed by atoms with Crippen molar-refractivity contribution >= 4 is 33.8 Å². The predicted molar refractivity (Wildman–Crippen MR) is 91.6 cm³/mol. The number of H-pyrrole nitrogens is 1. The van der Waals surface area contributed by atoms with E-state index in [1.54, 1.807) is 0 Å². The number of carbonyl (C=O) groups excluding carboxylic acids is 1. The maximum Gasteiger partial charge on any atom is 0.269 e. The Morgan fingerprint density at radius 1 is 1.35 bits per heavy atom. The highest BCUT2D eigenvalue weighted by atomic mass is 32.1. The first-order valence-electron chi connectivity index (χ1n) is 7.36. The SMILES string of the molecule is CC(C)c1ccc2[nH]c(O)c(N=NC(=O)Cc3cccs3)c2c1. The summed E-state index contributed by atoms with van der Waals surface area (Å²) in [7, 11) is 0. The second-order valence-electron chi connectivity index (χ2n) is 5.63. The predicted octanol–water partition coefficient (Wildman–Crippen LogP) is 4.91. The molecule has 3 aromatic rings. The summed E-state index contributed by atoms with van der Waals surface area (Å²) in [5.74, 6) is -0.0449. The molecule has 0 unspecified atom stereocenters. The van der Waals surface area contributed by atoms with Crippen LogP contribution >= 0.6 is 11.3 Å². The molecule has 2 heterocycles. The first-order valence-corrected chi connectivity index (χ1v) is 8.24. The Morgan fingerprint density at radius 2 is 2.17 bits per heavy atom. The first kappa shape index (κ1) is 15.4. The van der Waals surface area contributed by atoms with E-state index in [0.717, 1.165) is 21.3 Å². The van der Waals surface area contributed by atoms with E-state index in [4.69, 9.17) is 0 Å². The topological polar surface area (TPSA) is 77.8 Å². The summed E-state index contributed by atoms with van der Waals surface area (Å²) in [4.78, 5) is 15.7. The first-order chi connectivity index (χ1) is 11.0. The number of hydrogen-bond donors (Lipinski definition) is 2. The van der Waals surface area contributed by atoms with Crippen molar-refractivity contribution in [3.8, 4) is 5.88 Å². The fourth-order valence-corrected chi connectivity index (χ4v) is 3.04. The number of aromatic nitrogens is 1. The Morgan fingerprint density at radius 3 is 2.87 bits per heavy atom. The highest BCUT2D eigenvalue weighted by molar-refractivity contribution is 7.10. The van der Waals surface area contributed by atoms with E-state index in [0.29, 0.717) is 11.6 Å². The molecule has 2 aromatic heterocycles. The second kappa shape index (κ2) is 6.34. The molecule has 0 saturated carbocycles.